The number of benzene rings is 2. The molecule has 6 nitrogen and oxygen atoms in total. The second-order valence-corrected chi connectivity index (χ2v) is 5.71. The van der Waals surface area contributed by atoms with Gasteiger partial charge >= 0.3 is 0 Å². The number of carbonyl (C=O) groups excluding carboxylic acids is 1. The molecule has 1 aliphatic heterocycles. The molecule has 6 heteroatoms. The number of hydrogen-bond acceptors (Lipinski definition) is 4. The maximum atomic E-state index is 11.4. The largest absolute Gasteiger partial charge is 0.491 e. The maximum Gasteiger partial charge on any atom is 0.266 e. The summed E-state index contributed by atoms with van der Waals surface area (Å²) in [6.07, 6.45) is 2.63. The van der Waals surface area contributed by atoms with Crippen molar-refractivity contribution in [3.8, 4) is 5.75 Å². The van der Waals surface area contributed by atoms with E-state index in [9.17, 15) is 9.59 Å². The third-order valence-electron chi connectivity index (χ3n) is 4.06. The van der Waals surface area contributed by atoms with Gasteiger partial charge in [0.1, 0.15) is 12.4 Å². The highest BCUT2D eigenvalue weighted by molar-refractivity contribution is 5.98. The average Bonchev–Trinajstić information content (AvgIpc) is 2.96. The molecular formula is C17H15N3O3. The number of H-pyrrole nitrogens is 1. The Bertz CT molecular complexity index is 964. The van der Waals surface area contributed by atoms with Crippen LogP contribution in [0.25, 0.3) is 21.8 Å². The fraction of sp³-hybridized carbons (Fsp3) is 0.235. The Morgan fingerprint density at radius 3 is 3.00 bits per heavy atom. The molecule has 2 N–H and O–H groups in total. The van der Waals surface area contributed by atoms with E-state index in [-0.39, 0.29) is 17.5 Å². The monoisotopic (exact) mass is 309 g/mol. The van der Waals surface area contributed by atoms with Crippen LogP contribution < -0.4 is 15.6 Å². The topological polar surface area (TPSA) is 84.1 Å². The Balaban J connectivity index is 1.70. The van der Waals surface area contributed by atoms with Gasteiger partial charge in [-0.1, -0.05) is 12.1 Å². The molecule has 3 aromatic rings. The lowest BCUT2D eigenvalue weighted by molar-refractivity contribution is -0.119. The normalized spacial score (nSPS) is 17.6. The third-order valence-corrected chi connectivity index (χ3v) is 4.06. The maximum absolute atomic E-state index is 11.4. The number of aromatic nitrogens is 2. The van der Waals surface area contributed by atoms with E-state index < -0.39 is 0 Å². The summed E-state index contributed by atoms with van der Waals surface area (Å²) in [6.45, 7) is 0.446. The van der Waals surface area contributed by atoms with Crippen molar-refractivity contribution >= 4 is 27.7 Å². The number of carbonyl (C=O) groups is 1. The molecule has 1 aromatic heterocycles. The molecular weight excluding hydrogens is 294 g/mol. The van der Waals surface area contributed by atoms with Gasteiger partial charge in [0.2, 0.25) is 5.91 Å². The van der Waals surface area contributed by atoms with E-state index in [0.717, 1.165) is 22.9 Å². The summed E-state index contributed by atoms with van der Waals surface area (Å²) in [5, 5.41) is 4.79. The first-order valence-electron chi connectivity index (χ1n) is 7.53. The number of hydrogen-bond donors (Lipinski definition) is 2. The predicted octanol–water partition coefficient (Wildman–Crippen LogP) is 1.73. The van der Waals surface area contributed by atoms with Gasteiger partial charge in [0.05, 0.1) is 23.3 Å². The highest BCUT2D eigenvalue weighted by atomic mass is 16.5. The molecule has 23 heavy (non-hydrogen) atoms. The van der Waals surface area contributed by atoms with Crippen molar-refractivity contribution in [2.24, 2.45) is 0 Å². The van der Waals surface area contributed by atoms with Crippen molar-refractivity contribution in [2.75, 3.05) is 6.61 Å². The van der Waals surface area contributed by atoms with Crippen LogP contribution in [-0.4, -0.2) is 28.5 Å². The summed E-state index contributed by atoms with van der Waals surface area (Å²) in [7, 11) is 0. The second-order valence-electron chi connectivity index (χ2n) is 5.71. The van der Waals surface area contributed by atoms with E-state index in [1.165, 1.54) is 6.20 Å². The Hall–Kier alpha value is -2.89. The number of ether oxygens (including phenoxy) is 1. The predicted molar refractivity (Wildman–Crippen MR) is 86.5 cm³/mol. The van der Waals surface area contributed by atoms with E-state index in [1.54, 1.807) is 0 Å². The first kappa shape index (κ1) is 13.8. The quantitative estimate of drug-likeness (QED) is 0.722. The fourth-order valence-electron chi connectivity index (χ4n) is 2.90. The molecule has 0 radical (unpaired) electrons. The van der Waals surface area contributed by atoms with Gasteiger partial charge in [-0.2, -0.15) is 0 Å². The summed E-state index contributed by atoms with van der Waals surface area (Å²) >= 11 is 0. The van der Waals surface area contributed by atoms with Gasteiger partial charge in [0.15, 0.2) is 0 Å². The van der Waals surface area contributed by atoms with Crippen LogP contribution in [0.5, 0.6) is 5.75 Å². The number of amides is 1. The molecule has 0 spiro atoms. The minimum Gasteiger partial charge on any atom is -0.491 e. The Morgan fingerprint density at radius 2 is 2.17 bits per heavy atom. The van der Waals surface area contributed by atoms with Crippen LogP contribution in [0.4, 0.5) is 0 Å². The summed E-state index contributed by atoms with van der Waals surface area (Å²) in [5.41, 5.74) is 1.19. The zero-order valence-electron chi connectivity index (χ0n) is 12.3. The van der Waals surface area contributed by atoms with Crippen molar-refractivity contribution in [2.45, 2.75) is 18.9 Å². The Morgan fingerprint density at radius 1 is 1.26 bits per heavy atom. The highest BCUT2D eigenvalue weighted by Crippen LogP contribution is 2.28. The van der Waals surface area contributed by atoms with Gasteiger partial charge in [-0.3, -0.25) is 9.59 Å². The van der Waals surface area contributed by atoms with Crippen molar-refractivity contribution in [3.63, 3.8) is 0 Å². The molecule has 0 bridgehead atoms. The van der Waals surface area contributed by atoms with E-state index >= 15 is 0 Å². The standard InChI is InChI=1S/C17H15N3O3/c21-16-5-4-11(19-16)9-23-15-3-1-2-10-6-14-13(7-12(10)15)18-8-17(22)20-14/h1-3,6-8,11H,4-5,9H2,(H,19,21)(H,20,22). The summed E-state index contributed by atoms with van der Waals surface area (Å²) in [4.78, 5) is 29.6. The summed E-state index contributed by atoms with van der Waals surface area (Å²) in [6, 6.07) is 9.63. The van der Waals surface area contributed by atoms with Crippen LogP contribution in [0.2, 0.25) is 0 Å². The number of rotatable bonds is 3. The molecule has 0 aliphatic carbocycles. The Kier molecular flexibility index (Phi) is 3.22. The van der Waals surface area contributed by atoms with Crippen LogP contribution in [-0.2, 0) is 4.79 Å². The lowest BCUT2D eigenvalue weighted by Gasteiger charge is -2.14. The minimum atomic E-state index is -0.221. The van der Waals surface area contributed by atoms with Gasteiger partial charge in [-0.05, 0) is 30.0 Å². The molecule has 1 atom stereocenters. The minimum absolute atomic E-state index is 0.0627. The molecule has 1 unspecified atom stereocenters. The van der Waals surface area contributed by atoms with Crippen LogP contribution in [0, 0.1) is 0 Å². The van der Waals surface area contributed by atoms with Gasteiger partial charge in [0.25, 0.3) is 5.56 Å². The molecule has 2 heterocycles. The van der Waals surface area contributed by atoms with Gasteiger partial charge in [-0.15, -0.1) is 0 Å². The first-order chi connectivity index (χ1) is 11.2. The zero-order chi connectivity index (χ0) is 15.8. The molecule has 1 saturated heterocycles. The molecule has 116 valence electrons. The summed E-state index contributed by atoms with van der Waals surface area (Å²) in [5.74, 6) is 0.828. The second kappa shape index (κ2) is 5.39. The molecule has 1 amide bonds. The van der Waals surface area contributed by atoms with E-state index in [4.69, 9.17) is 4.74 Å². The zero-order valence-corrected chi connectivity index (χ0v) is 12.3. The number of fused-ring (bicyclic) bond motifs is 2. The smallest absolute Gasteiger partial charge is 0.266 e. The number of nitrogens with one attached hydrogen (secondary N) is 2. The lowest BCUT2D eigenvalue weighted by atomic mass is 10.1. The van der Waals surface area contributed by atoms with Crippen LogP contribution in [0.3, 0.4) is 0 Å². The van der Waals surface area contributed by atoms with Crippen LogP contribution in [0.1, 0.15) is 12.8 Å². The SMILES string of the molecule is O=C1CCC(COc2cccc3cc4[nH]c(=O)cnc4cc23)N1. The van der Waals surface area contributed by atoms with Crippen LogP contribution in [0.15, 0.2) is 41.3 Å². The van der Waals surface area contributed by atoms with E-state index in [0.29, 0.717) is 24.1 Å². The fourth-order valence-corrected chi connectivity index (χ4v) is 2.90. The summed E-state index contributed by atoms with van der Waals surface area (Å²) < 4.78 is 5.91. The Labute approximate surface area is 131 Å². The van der Waals surface area contributed by atoms with Gasteiger partial charge in [-0.25, -0.2) is 4.98 Å². The van der Waals surface area contributed by atoms with Crippen molar-refractivity contribution in [1.82, 2.24) is 15.3 Å². The number of nitrogens with zero attached hydrogens (tertiary/aromatic N) is 1. The molecule has 2 aromatic carbocycles. The third kappa shape index (κ3) is 2.63. The highest BCUT2D eigenvalue weighted by Gasteiger charge is 2.21. The number of aromatic amines is 1. The van der Waals surface area contributed by atoms with E-state index in [1.807, 2.05) is 30.3 Å². The molecule has 0 saturated carbocycles. The molecule has 1 fully saturated rings. The van der Waals surface area contributed by atoms with Gasteiger partial charge < -0.3 is 15.0 Å². The van der Waals surface area contributed by atoms with Crippen LogP contribution >= 0.6 is 0 Å². The first-order valence-corrected chi connectivity index (χ1v) is 7.53. The van der Waals surface area contributed by atoms with Crippen molar-refractivity contribution in [3.05, 3.63) is 46.9 Å². The average molecular weight is 309 g/mol. The van der Waals surface area contributed by atoms with E-state index in [2.05, 4.69) is 15.3 Å². The van der Waals surface area contributed by atoms with Crippen molar-refractivity contribution < 1.29 is 9.53 Å². The van der Waals surface area contributed by atoms with Gasteiger partial charge in [0, 0.05) is 11.8 Å². The molecule has 1 aliphatic rings. The van der Waals surface area contributed by atoms with Crippen molar-refractivity contribution in [1.29, 1.82) is 0 Å². The molecule has 4 rings (SSSR count). The lowest BCUT2D eigenvalue weighted by Crippen LogP contribution is -2.30.